The second-order valence-electron chi connectivity index (χ2n) is 4.36. The average molecular weight is 216 g/mol. The molecule has 2 unspecified atom stereocenters. The van der Waals surface area contributed by atoms with E-state index in [-0.39, 0.29) is 0 Å². The van der Waals surface area contributed by atoms with Gasteiger partial charge in [0, 0.05) is 11.6 Å². The third-order valence-electron chi connectivity index (χ3n) is 3.77. The smallest absolute Gasteiger partial charge is 0.0221 e. The molecule has 1 heterocycles. The summed E-state index contributed by atoms with van der Waals surface area (Å²) in [4.78, 5) is 2.58. The molecular weight excluding hydrogens is 191 g/mol. The molecule has 1 N–H and O–H groups in total. The van der Waals surface area contributed by atoms with Crippen LogP contribution in [0.4, 0.5) is 0 Å². The fraction of sp³-hybridized carbons (Fsp3) is 1.00. The molecule has 0 radical (unpaired) electrons. The molecule has 2 fully saturated rings. The van der Waals surface area contributed by atoms with Gasteiger partial charge >= 0.3 is 0 Å². The summed E-state index contributed by atoms with van der Waals surface area (Å²) in [5.74, 6) is 0. The van der Waals surface area contributed by atoms with Crippen molar-refractivity contribution >= 4 is 9.39 Å². The maximum absolute atomic E-state index is 3.34. The molecule has 1 aliphatic carbocycles. The Morgan fingerprint density at radius 2 is 2.00 bits per heavy atom. The number of hydrogen-bond acceptors (Lipinski definition) is 2. The Kier molecular flexibility index (Phi) is 4.82. The van der Waals surface area contributed by atoms with E-state index in [2.05, 4.69) is 26.4 Å². The third kappa shape index (κ3) is 2.29. The van der Waals surface area contributed by atoms with Crippen LogP contribution in [-0.2, 0) is 0 Å². The van der Waals surface area contributed by atoms with Crippen molar-refractivity contribution in [3.05, 3.63) is 0 Å². The summed E-state index contributed by atoms with van der Waals surface area (Å²) in [6.07, 6.45) is 6.95. The minimum absolute atomic E-state index is 0.590. The summed E-state index contributed by atoms with van der Waals surface area (Å²) < 4.78 is 0. The van der Waals surface area contributed by atoms with Crippen molar-refractivity contribution in [3.8, 4) is 0 Å². The van der Waals surface area contributed by atoms with Crippen LogP contribution in [0.5, 0.6) is 0 Å². The highest BCUT2D eigenvalue weighted by molar-refractivity contribution is 7.13. The molecule has 14 heavy (non-hydrogen) atoms. The van der Waals surface area contributed by atoms with Gasteiger partial charge < -0.3 is 4.90 Å². The Bertz CT molecular complexity index is 169. The monoisotopic (exact) mass is 216 g/mol. The molecule has 2 aliphatic rings. The Labute approximate surface area is 91.1 Å². The lowest BCUT2D eigenvalue weighted by Crippen LogP contribution is -2.58. The van der Waals surface area contributed by atoms with E-state index in [9.17, 15) is 0 Å². The number of hydrogen-bond donors (Lipinski definition) is 1. The Hall–Kier alpha value is 0.350. The fourth-order valence-corrected chi connectivity index (χ4v) is 2.90. The Morgan fingerprint density at radius 3 is 2.43 bits per heavy atom. The normalized spacial score (nSPS) is 30.4. The van der Waals surface area contributed by atoms with Crippen LogP contribution in [0.2, 0.25) is 0 Å². The molecule has 84 valence electrons. The van der Waals surface area contributed by atoms with Gasteiger partial charge in [0.25, 0.3) is 0 Å². The van der Waals surface area contributed by atoms with Crippen molar-refractivity contribution in [2.45, 2.75) is 57.5 Å². The zero-order valence-corrected chi connectivity index (χ0v) is 11.0. The van der Waals surface area contributed by atoms with Crippen LogP contribution >= 0.6 is 9.39 Å². The quantitative estimate of drug-likeness (QED) is 0.677. The van der Waals surface area contributed by atoms with Crippen LogP contribution in [0.15, 0.2) is 0 Å². The van der Waals surface area contributed by atoms with Crippen LogP contribution in [0, 0.1) is 0 Å². The lowest BCUT2D eigenvalue weighted by molar-refractivity contribution is -0.00556. The minimum atomic E-state index is 0.590. The van der Waals surface area contributed by atoms with E-state index >= 15 is 0 Å². The molecule has 1 saturated carbocycles. The van der Waals surface area contributed by atoms with Gasteiger partial charge in [0.05, 0.1) is 0 Å². The van der Waals surface area contributed by atoms with E-state index in [0.29, 0.717) is 5.54 Å². The van der Waals surface area contributed by atoms with E-state index < -0.39 is 0 Å². The van der Waals surface area contributed by atoms with Crippen molar-refractivity contribution in [2.24, 2.45) is 0 Å². The summed E-state index contributed by atoms with van der Waals surface area (Å²) in [7, 11) is 4.95. The van der Waals surface area contributed by atoms with Crippen molar-refractivity contribution in [3.63, 3.8) is 0 Å². The molecule has 2 atom stereocenters. The van der Waals surface area contributed by atoms with E-state index in [1.165, 1.54) is 38.6 Å². The fourth-order valence-electron chi connectivity index (χ4n) is 2.62. The highest BCUT2D eigenvalue weighted by Gasteiger charge is 2.44. The van der Waals surface area contributed by atoms with Crippen molar-refractivity contribution in [2.75, 3.05) is 13.6 Å². The van der Waals surface area contributed by atoms with Gasteiger partial charge in [0.2, 0.25) is 0 Å². The second-order valence-corrected chi connectivity index (χ2v) is 4.69. The average Bonchev–Trinajstić information content (AvgIpc) is 2.19. The van der Waals surface area contributed by atoms with Gasteiger partial charge in [-0.3, -0.25) is 5.09 Å². The molecule has 0 bridgehead atoms. The first-order valence-electron chi connectivity index (χ1n) is 5.94. The summed E-state index contributed by atoms with van der Waals surface area (Å²) in [5, 5.41) is 3.34. The van der Waals surface area contributed by atoms with Gasteiger partial charge in [-0.25, -0.2) is 0 Å². The number of nitrogens with one attached hydrogen (secondary N) is 1. The molecule has 2 nitrogen and oxygen atoms in total. The standard InChI is InChI=1S/C9H19N2P.C2H6/c1-11-6-3-8(10-12)7-9(11)4-2-5-9;1-2/h8,10H,2-7,12H2,1H3;1-2H3. The van der Waals surface area contributed by atoms with Gasteiger partial charge in [0.1, 0.15) is 0 Å². The molecule has 0 aromatic carbocycles. The van der Waals surface area contributed by atoms with E-state index in [0.717, 1.165) is 6.04 Å². The zero-order chi connectivity index (χ0) is 10.6. The first-order chi connectivity index (χ1) is 6.77. The number of likely N-dealkylation sites (tertiary alicyclic amines) is 1. The number of piperidine rings is 1. The summed E-state index contributed by atoms with van der Waals surface area (Å²) in [6.45, 7) is 5.27. The first-order valence-corrected chi connectivity index (χ1v) is 6.52. The molecular formula is C11H25N2P. The molecule has 0 amide bonds. The topological polar surface area (TPSA) is 15.3 Å². The van der Waals surface area contributed by atoms with E-state index in [1.54, 1.807) is 0 Å². The van der Waals surface area contributed by atoms with Crippen LogP contribution < -0.4 is 5.09 Å². The van der Waals surface area contributed by atoms with Crippen molar-refractivity contribution in [1.82, 2.24) is 9.99 Å². The molecule has 1 saturated heterocycles. The molecule has 1 spiro atoms. The predicted octanol–water partition coefficient (Wildman–Crippen LogP) is 2.41. The van der Waals surface area contributed by atoms with Crippen LogP contribution in [0.25, 0.3) is 0 Å². The van der Waals surface area contributed by atoms with Gasteiger partial charge in [-0.2, -0.15) is 0 Å². The van der Waals surface area contributed by atoms with Crippen molar-refractivity contribution < 1.29 is 0 Å². The number of rotatable bonds is 1. The molecule has 3 heteroatoms. The molecule has 0 aromatic heterocycles. The molecule has 1 aliphatic heterocycles. The molecule has 0 aromatic rings. The van der Waals surface area contributed by atoms with Crippen LogP contribution in [-0.4, -0.2) is 30.1 Å². The predicted molar refractivity (Wildman–Crippen MR) is 66.4 cm³/mol. The first kappa shape index (κ1) is 12.4. The minimum Gasteiger partial charge on any atom is -0.301 e. The van der Waals surface area contributed by atoms with Crippen LogP contribution in [0.3, 0.4) is 0 Å². The SMILES string of the molecule is CC.CN1CCC(NP)CC12CCC2. The Balaban J connectivity index is 0.000000461. The summed E-state index contributed by atoms with van der Waals surface area (Å²) >= 11 is 0. The summed E-state index contributed by atoms with van der Waals surface area (Å²) in [6, 6.07) is 0.742. The van der Waals surface area contributed by atoms with Gasteiger partial charge in [-0.05, 0) is 45.7 Å². The van der Waals surface area contributed by atoms with Gasteiger partial charge in [0.15, 0.2) is 0 Å². The Morgan fingerprint density at radius 1 is 1.36 bits per heavy atom. The third-order valence-corrected chi connectivity index (χ3v) is 4.24. The summed E-state index contributed by atoms with van der Waals surface area (Å²) in [5.41, 5.74) is 0.590. The maximum Gasteiger partial charge on any atom is 0.0221 e. The zero-order valence-electron chi connectivity index (χ0n) is 9.84. The van der Waals surface area contributed by atoms with Crippen LogP contribution in [0.1, 0.15) is 46.0 Å². The van der Waals surface area contributed by atoms with Gasteiger partial charge in [-0.1, -0.05) is 23.2 Å². The highest BCUT2D eigenvalue weighted by atomic mass is 31.0. The van der Waals surface area contributed by atoms with E-state index in [4.69, 9.17) is 0 Å². The lowest BCUT2D eigenvalue weighted by Gasteiger charge is -2.54. The molecule has 2 rings (SSSR count). The highest BCUT2D eigenvalue weighted by Crippen LogP contribution is 2.43. The lowest BCUT2D eigenvalue weighted by atomic mass is 9.69. The second kappa shape index (κ2) is 5.44. The van der Waals surface area contributed by atoms with E-state index in [1.807, 2.05) is 13.8 Å². The maximum atomic E-state index is 3.34. The largest absolute Gasteiger partial charge is 0.301 e. The van der Waals surface area contributed by atoms with Gasteiger partial charge in [-0.15, -0.1) is 0 Å². The van der Waals surface area contributed by atoms with Crippen molar-refractivity contribution in [1.29, 1.82) is 0 Å². The number of nitrogens with zero attached hydrogens (tertiary/aromatic N) is 1.